The van der Waals surface area contributed by atoms with Crippen molar-refractivity contribution in [3.8, 4) is 11.6 Å². The maximum absolute atomic E-state index is 14.0. The number of hydroxylamine groups is 2. The second kappa shape index (κ2) is 14.1. The Morgan fingerprint density at radius 2 is 1.91 bits per heavy atom. The highest BCUT2D eigenvalue weighted by Crippen LogP contribution is 2.34. The summed E-state index contributed by atoms with van der Waals surface area (Å²) in [5.74, 6) is -1.35. The van der Waals surface area contributed by atoms with Gasteiger partial charge in [-0.3, -0.25) is 14.9 Å². The molecule has 3 atom stereocenters. The standard InChI is InChI=1S/C31H38F2N6O5/c1-4-38-17-23(28(44-38)22-11-12-26(32)27(33)15-22)16-34-31(41)35-29-20(2)30(36-39(29)24-9-6-5-7-10-24)43-19-25-18-37(21(3)40)13-8-14-42-25/h5-7,9-12,15,23,25,28H,4,8,13-14,16-19H2,1-3H3,(H2,34,35,41)/t23-,25+,28+/m1/s1. The third kappa shape index (κ3) is 7.34. The number of para-hydroxylation sites is 1. The number of hydrogen-bond donors (Lipinski definition) is 2. The Hall–Kier alpha value is -4.07. The highest BCUT2D eigenvalue weighted by molar-refractivity contribution is 5.89. The molecular formula is C31H38F2N6O5. The van der Waals surface area contributed by atoms with E-state index in [1.807, 2.05) is 37.3 Å². The molecule has 3 aromatic rings. The number of amides is 3. The Labute approximate surface area is 255 Å². The summed E-state index contributed by atoms with van der Waals surface area (Å²) in [7, 11) is 0. The summed E-state index contributed by atoms with van der Waals surface area (Å²) in [6.45, 7) is 8.37. The van der Waals surface area contributed by atoms with Gasteiger partial charge in [0.2, 0.25) is 11.8 Å². The summed E-state index contributed by atoms with van der Waals surface area (Å²) in [5, 5.41) is 12.2. The fraction of sp³-hybridized carbons (Fsp3) is 0.452. The van der Waals surface area contributed by atoms with Gasteiger partial charge >= 0.3 is 6.03 Å². The van der Waals surface area contributed by atoms with E-state index in [1.165, 1.54) is 6.07 Å². The average molecular weight is 613 g/mol. The largest absolute Gasteiger partial charge is 0.474 e. The zero-order valence-electron chi connectivity index (χ0n) is 25.1. The van der Waals surface area contributed by atoms with Crippen LogP contribution in [0.25, 0.3) is 5.69 Å². The Kier molecular flexibility index (Phi) is 10.1. The van der Waals surface area contributed by atoms with Crippen LogP contribution < -0.4 is 15.4 Å². The van der Waals surface area contributed by atoms with Gasteiger partial charge in [0.1, 0.15) is 24.6 Å². The van der Waals surface area contributed by atoms with Crippen molar-refractivity contribution >= 4 is 17.8 Å². The molecule has 0 bridgehead atoms. The SMILES string of the molecule is CCN1C[C@@H](CNC(=O)Nc2c(C)c(OC[C@@H]3CN(C(C)=O)CCCO3)nn2-c2ccccc2)[C@H](c2ccc(F)c(F)c2)O1. The summed E-state index contributed by atoms with van der Waals surface area (Å²) < 4.78 is 41.1. The van der Waals surface area contributed by atoms with Crippen LogP contribution in [0, 0.1) is 24.5 Å². The van der Waals surface area contributed by atoms with Gasteiger partial charge in [-0.15, -0.1) is 5.10 Å². The Balaban J connectivity index is 1.29. The van der Waals surface area contributed by atoms with Crippen LogP contribution in [-0.4, -0.2) is 83.7 Å². The van der Waals surface area contributed by atoms with Crippen molar-refractivity contribution in [3.05, 3.63) is 71.3 Å². The first-order chi connectivity index (χ1) is 21.2. The van der Waals surface area contributed by atoms with Gasteiger partial charge in [0.05, 0.1) is 17.8 Å². The van der Waals surface area contributed by atoms with E-state index in [0.29, 0.717) is 55.6 Å². The van der Waals surface area contributed by atoms with Crippen LogP contribution in [0.1, 0.15) is 37.5 Å². The van der Waals surface area contributed by atoms with Crippen LogP contribution in [0.15, 0.2) is 48.5 Å². The maximum Gasteiger partial charge on any atom is 0.320 e. The number of carbonyl (C=O) groups excluding carboxylic acids is 2. The third-order valence-corrected chi connectivity index (χ3v) is 7.79. The predicted octanol–water partition coefficient (Wildman–Crippen LogP) is 4.22. The molecule has 3 amide bonds. The van der Waals surface area contributed by atoms with Crippen LogP contribution in [-0.2, 0) is 14.4 Å². The number of aromatic nitrogens is 2. The van der Waals surface area contributed by atoms with Gasteiger partial charge in [0.15, 0.2) is 11.6 Å². The molecule has 5 rings (SSSR count). The molecule has 11 nitrogen and oxygen atoms in total. The van der Waals surface area contributed by atoms with E-state index in [9.17, 15) is 18.4 Å². The number of nitrogens with one attached hydrogen (secondary N) is 2. The van der Waals surface area contributed by atoms with Crippen molar-refractivity contribution in [1.29, 1.82) is 0 Å². The van der Waals surface area contributed by atoms with E-state index in [1.54, 1.807) is 28.5 Å². The second-order valence-electron chi connectivity index (χ2n) is 10.9. The highest BCUT2D eigenvalue weighted by atomic mass is 19.2. The molecule has 2 N–H and O–H groups in total. The summed E-state index contributed by atoms with van der Waals surface area (Å²) in [6.07, 6.45) is -0.111. The number of hydrogen-bond acceptors (Lipinski definition) is 7. The fourth-order valence-electron chi connectivity index (χ4n) is 5.39. The third-order valence-electron chi connectivity index (χ3n) is 7.79. The van der Waals surface area contributed by atoms with Gasteiger partial charge in [-0.25, -0.2) is 18.3 Å². The molecule has 0 spiro atoms. The van der Waals surface area contributed by atoms with E-state index in [4.69, 9.17) is 14.3 Å². The van der Waals surface area contributed by atoms with Gasteiger partial charge in [0, 0.05) is 45.6 Å². The average Bonchev–Trinajstić information content (AvgIpc) is 3.47. The zero-order chi connectivity index (χ0) is 31.2. The van der Waals surface area contributed by atoms with E-state index in [2.05, 4.69) is 15.7 Å². The van der Waals surface area contributed by atoms with E-state index in [0.717, 1.165) is 24.2 Å². The topological polar surface area (TPSA) is 110 Å². The van der Waals surface area contributed by atoms with Crippen molar-refractivity contribution in [3.63, 3.8) is 0 Å². The van der Waals surface area contributed by atoms with Crippen LogP contribution in [0.2, 0.25) is 0 Å². The molecule has 2 aliphatic heterocycles. The van der Waals surface area contributed by atoms with Crippen molar-refractivity contribution in [2.24, 2.45) is 5.92 Å². The molecule has 3 heterocycles. The second-order valence-corrected chi connectivity index (χ2v) is 10.9. The van der Waals surface area contributed by atoms with E-state index < -0.39 is 23.8 Å². The van der Waals surface area contributed by atoms with Gasteiger partial charge < -0.3 is 19.7 Å². The van der Waals surface area contributed by atoms with Gasteiger partial charge in [-0.2, -0.15) is 5.06 Å². The van der Waals surface area contributed by atoms with Crippen LogP contribution in [0.3, 0.4) is 0 Å². The summed E-state index contributed by atoms with van der Waals surface area (Å²) in [6, 6.07) is 12.6. The maximum atomic E-state index is 14.0. The molecule has 0 unspecified atom stereocenters. The lowest BCUT2D eigenvalue weighted by Crippen LogP contribution is -2.38. The van der Waals surface area contributed by atoms with Gasteiger partial charge in [-0.1, -0.05) is 31.2 Å². The molecular weight excluding hydrogens is 574 g/mol. The number of anilines is 1. The van der Waals surface area contributed by atoms with Crippen LogP contribution in [0.5, 0.6) is 5.88 Å². The lowest BCUT2D eigenvalue weighted by atomic mass is 9.96. The Bertz CT molecular complexity index is 1450. The summed E-state index contributed by atoms with van der Waals surface area (Å²) in [4.78, 5) is 32.9. The lowest BCUT2D eigenvalue weighted by Gasteiger charge is -2.22. The smallest absolute Gasteiger partial charge is 0.320 e. The number of benzene rings is 2. The summed E-state index contributed by atoms with van der Waals surface area (Å²) >= 11 is 0. The molecule has 13 heteroatoms. The van der Waals surface area contributed by atoms with Gasteiger partial charge in [-0.05, 0) is 43.2 Å². The minimum Gasteiger partial charge on any atom is -0.474 e. The zero-order valence-corrected chi connectivity index (χ0v) is 25.1. The molecule has 0 saturated carbocycles. The normalized spacial score (nSPS) is 20.8. The minimum absolute atomic E-state index is 0.00902. The monoisotopic (exact) mass is 612 g/mol. The predicted molar refractivity (Wildman–Crippen MR) is 158 cm³/mol. The first-order valence-corrected chi connectivity index (χ1v) is 14.8. The highest BCUT2D eigenvalue weighted by Gasteiger charge is 2.35. The molecule has 44 heavy (non-hydrogen) atoms. The molecule has 236 valence electrons. The lowest BCUT2D eigenvalue weighted by molar-refractivity contribution is -0.145. The molecule has 2 fully saturated rings. The number of halogens is 2. The quantitative estimate of drug-likeness (QED) is 0.373. The van der Waals surface area contributed by atoms with Gasteiger partial charge in [0.25, 0.3) is 0 Å². The number of nitrogens with zero attached hydrogens (tertiary/aromatic N) is 4. The first-order valence-electron chi connectivity index (χ1n) is 14.8. The Morgan fingerprint density at radius 3 is 2.64 bits per heavy atom. The van der Waals surface area contributed by atoms with Crippen molar-refractivity contribution in [2.45, 2.75) is 39.4 Å². The molecule has 2 aliphatic rings. The molecule has 2 aromatic carbocycles. The van der Waals surface area contributed by atoms with Crippen molar-refractivity contribution in [1.82, 2.24) is 25.1 Å². The molecule has 2 saturated heterocycles. The summed E-state index contributed by atoms with van der Waals surface area (Å²) in [5.41, 5.74) is 1.83. The number of urea groups is 1. The fourth-order valence-corrected chi connectivity index (χ4v) is 5.39. The van der Waals surface area contributed by atoms with E-state index in [-0.39, 0.29) is 31.1 Å². The number of carbonyl (C=O) groups is 2. The molecule has 1 aromatic heterocycles. The van der Waals surface area contributed by atoms with Crippen LogP contribution >= 0.6 is 0 Å². The minimum atomic E-state index is -0.949. The Morgan fingerprint density at radius 1 is 1.11 bits per heavy atom. The first kappa shape index (κ1) is 31.4. The van der Waals surface area contributed by atoms with E-state index >= 15 is 0 Å². The number of rotatable bonds is 9. The van der Waals surface area contributed by atoms with Crippen LogP contribution in [0.4, 0.5) is 19.4 Å². The van der Waals surface area contributed by atoms with Crippen molar-refractivity contribution < 1.29 is 32.7 Å². The molecule has 0 radical (unpaired) electrons. The van der Waals surface area contributed by atoms with Crippen molar-refractivity contribution in [2.75, 3.05) is 51.3 Å². The number of ether oxygens (including phenoxy) is 2. The molecule has 0 aliphatic carbocycles.